The van der Waals surface area contributed by atoms with Crippen LogP contribution in [0, 0.1) is 11.8 Å². The average molecular weight is 268 g/mol. The molecule has 2 heteroatoms. The molecule has 106 valence electrons. The van der Waals surface area contributed by atoms with Crippen molar-refractivity contribution in [1.82, 2.24) is 9.88 Å². The molecule has 1 aliphatic heterocycles. The zero-order valence-electron chi connectivity index (χ0n) is 12.9. The first-order chi connectivity index (χ1) is 9.58. The van der Waals surface area contributed by atoms with Gasteiger partial charge in [-0.05, 0) is 24.0 Å². The van der Waals surface area contributed by atoms with Gasteiger partial charge in [-0.15, -0.1) is 0 Å². The van der Waals surface area contributed by atoms with Crippen molar-refractivity contribution in [1.29, 1.82) is 0 Å². The summed E-state index contributed by atoms with van der Waals surface area (Å²) in [5.74, 6) is 1.32. The summed E-state index contributed by atoms with van der Waals surface area (Å²) in [5.41, 5.74) is 2.33. The maximum Gasteiger partial charge on any atom is 0.0706 e. The van der Waals surface area contributed by atoms with Crippen LogP contribution in [-0.4, -0.2) is 22.5 Å². The van der Waals surface area contributed by atoms with Crippen LogP contribution in [0.5, 0.6) is 0 Å². The summed E-state index contributed by atoms with van der Waals surface area (Å²) in [4.78, 5) is 7.51. The molecule has 2 heterocycles. The second-order valence-electron chi connectivity index (χ2n) is 6.63. The van der Waals surface area contributed by atoms with Gasteiger partial charge in [0.2, 0.25) is 0 Å². The highest BCUT2D eigenvalue weighted by molar-refractivity contribution is 5.78. The molecule has 3 rings (SSSR count). The summed E-state index contributed by atoms with van der Waals surface area (Å²) in [7, 11) is 0. The lowest BCUT2D eigenvalue weighted by atomic mass is 9.99. The third kappa shape index (κ3) is 2.45. The van der Waals surface area contributed by atoms with E-state index in [0.29, 0.717) is 12.0 Å². The fraction of sp³-hybridized carbons (Fsp3) is 0.500. The lowest BCUT2D eigenvalue weighted by molar-refractivity contribution is 0.274. The van der Waals surface area contributed by atoms with Crippen molar-refractivity contribution in [3.05, 3.63) is 42.1 Å². The second-order valence-corrected chi connectivity index (χ2v) is 6.63. The lowest BCUT2D eigenvalue weighted by Gasteiger charge is -2.24. The van der Waals surface area contributed by atoms with Gasteiger partial charge in [-0.2, -0.15) is 0 Å². The van der Waals surface area contributed by atoms with Gasteiger partial charge in [0.1, 0.15) is 0 Å². The van der Waals surface area contributed by atoms with Gasteiger partial charge in [-0.25, -0.2) is 0 Å². The minimum absolute atomic E-state index is 0.451. The maximum absolute atomic E-state index is 4.91. The van der Waals surface area contributed by atoms with E-state index in [0.717, 1.165) is 17.5 Å². The molecule has 1 fully saturated rings. The molecule has 3 atom stereocenters. The largest absolute Gasteiger partial charge is 0.288 e. The van der Waals surface area contributed by atoms with Gasteiger partial charge in [-0.3, -0.25) is 9.88 Å². The first-order valence-corrected chi connectivity index (χ1v) is 7.69. The molecule has 2 aromatic rings. The summed E-state index contributed by atoms with van der Waals surface area (Å²) in [5, 5.41) is 1.23. The Bertz CT molecular complexity index is 603. The third-order valence-electron chi connectivity index (χ3n) is 4.37. The number of rotatable bonds is 4. The summed E-state index contributed by atoms with van der Waals surface area (Å²) >= 11 is 0. The standard InChI is InChI=1S/C18H24N2/c1-12(2)17-11-20(17)18(13(3)4)16-10-9-14-7-5-6-8-15(14)19-16/h5-10,12-13,17-18H,11H2,1-4H3/t17-,18+,20?/m1/s1. The SMILES string of the molecule is CC(C)[C@H]1CN1[C@H](c1ccc2ccccc2n1)C(C)C. The number of hydrogen-bond donors (Lipinski definition) is 0. The monoisotopic (exact) mass is 268 g/mol. The number of pyridine rings is 1. The van der Waals surface area contributed by atoms with E-state index in [1.165, 1.54) is 17.6 Å². The Hall–Kier alpha value is -1.41. The van der Waals surface area contributed by atoms with Crippen LogP contribution < -0.4 is 0 Å². The quantitative estimate of drug-likeness (QED) is 0.770. The average Bonchev–Trinajstić information content (AvgIpc) is 3.19. The lowest BCUT2D eigenvalue weighted by Crippen LogP contribution is -2.21. The van der Waals surface area contributed by atoms with Crippen molar-refractivity contribution < 1.29 is 0 Å². The summed E-state index contributed by atoms with van der Waals surface area (Å²) in [6, 6.07) is 14.0. The van der Waals surface area contributed by atoms with Gasteiger partial charge >= 0.3 is 0 Å². The number of para-hydroxylation sites is 1. The molecule has 0 radical (unpaired) electrons. The third-order valence-corrected chi connectivity index (χ3v) is 4.37. The van der Waals surface area contributed by atoms with E-state index in [2.05, 4.69) is 69.0 Å². The van der Waals surface area contributed by atoms with Gasteiger partial charge in [0.05, 0.1) is 17.3 Å². The second kappa shape index (κ2) is 5.17. The Labute approximate surface area is 121 Å². The molecule has 20 heavy (non-hydrogen) atoms. The number of aromatic nitrogens is 1. The Morgan fingerprint density at radius 3 is 2.45 bits per heavy atom. The van der Waals surface area contributed by atoms with Crippen molar-refractivity contribution in [2.45, 2.75) is 39.8 Å². The number of fused-ring (bicyclic) bond motifs is 1. The Balaban J connectivity index is 1.94. The van der Waals surface area contributed by atoms with Crippen molar-refractivity contribution in [3.8, 4) is 0 Å². The zero-order chi connectivity index (χ0) is 14.3. The first kappa shape index (κ1) is 13.6. The highest BCUT2D eigenvalue weighted by atomic mass is 15.3. The van der Waals surface area contributed by atoms with E-state index in [-0.39, 0.29) is 0 Å². The molecule has 0 N–H and O–H groups in total. The van der Waals surface area contributed by atoms with Crippen molar-refractivity contribution >= 4 is 10.9 Å². The molecule has 1 aromatic carbocycles. The minimum Gasteiger partial charge on any atom is -0.288 e. The minimum atomic E-state index is 0.451. The number of nitrogens with zero attached hydrogens (tertiary/aromatic N) is 2. The maximum atomic E-state index is 4.91. The fourth-order valence-electron chi connectivity index (χ4n) is 3.22. The first-order valence-electron chi connectivity index (χ1n) is 7.69. The Kier molecular flexibility index (Phi) is 3.51. The van der Waals surface area contributed by atoms with Crippen LogP contribution in [0.2, 0.25) is 0 Å². The van der Waals surface area contributed by atoms with E-state index in [1.54, 1.807) is 0 Å². The van der Waals surface area contributed by atoms with Gasteiger partial charge in [0.25, 0.3) is 0 Å². The van der Waals surface area contributed by atoms with Crippen molar-refractivity contribution in [3.63, 3.8) is 0 Å². The topological polar surface area (TPSA) is 15.9 Å². The summed E-state index contributed by atoms with van der Waals surface area (Å²) in [6.07, 6.45) is 0. The zero-order valence-corrected chi connectivity index (χ0v) is 12.9. The van der Waals surface area contributed by atoms with Gasteiger partial charge in [0.15, 0.2) is 0 Å². The predicted octanol–water partition coefficient (Wildman–Crippen LogP) is 4.27. The van der Waals surface area contributed by atoms with Crippen LogP contribution in [0.1, 0.15) is 39.4 Å². The van der Waals surface area contributed by atoms with Crippen LogP contribution in [0.4, 0.5) is 0 Å². The van der Waals surface area contributed by atoms with E-state index < -0.39 is 0 Å². The van der Waals surface area contributed by atoms with E-state index >= 15 is 0 Å². The van der Waals surface area contributed by atoms with Crippen molar-refractivity contribution in [2.75, 3.05) is 6.54 Å². The van der Waals surface area contributed by atoms with Gasteiger partial charge < -0.3 is 0 Å². The molecule has 2 nitrogen and oxygen atoms in total. The van der Waals surface area contributed by atoms with Crippen LogP contribution in [0.25, 0.3) is 10.9 Å². The molecule has 1 saturated heterocycles. The molecule has 0 saturated carbocycles. The smallest absolute Gasteiger partial charge is 0.0706 e. The molecule has 0 amide bonds. The summed E-state index contributed by atoms with van der Waals surface area (Å²) < 4.78 is 0. The highest BCUT2D eigenvalue weighted by Crippen LogP contribution is 2.39. The van der Waals surface area contributed by atoms with Crippen molar-refractivity contribution in [2.24, 2.45) is 11.8 Å². The highest BCUT2D eigenvalue weighted by Gasteiger charge is 2.43. The van der Waals surface area contributed by atoms with Gasteiger partial charge in [0, 0.05) is 18.0 Å². The van der Waals surface area contributed by atoms with E-state index in [9.17, 15) is 0 Å². The summed E-state index contributed by atoms with van der Waals surface area (Å²) in [6.45, 7) is 10.5. The fourth-order valence-corrected chi connectivity index (χ4v) is 3.22. The van der Waals surface area contributed by atoms with Crippen LogP contribution in [0.3, 0.4) is 0 Å². The van der Waals surface area contributed by atoms with Crippen LogP contribution >= 0.6 is 0 Å². The number of benzene rings is 1. The Morgan fingerprint density at radius 1 is 1.05 bits per heavy atom. The van der Waals surface area contributed by atoms with E-state index in [4.69, 9.17) is 4.98 Å². The molecule has 1 aromatic heterocycles. The normalized spacial score (nSPS) is 23.5. The molecular formula is C18H24N2. The molecule has 0 aliphatic carbocycles. The molecule has 0 spiro atoms. The van der Waals surface area contributed by atoms with E-state index in [1.807, 2.05) is 0 Å². The Morgan fingerprint density at radius 2 is 1.80 bits per heavy atom. The molecular weight excluding hydrogens is 244 g/mol. The predicted molar refractivity (Wildman–Crippen MR) is 84.7 cm³/mol. The molecule has 1 unspecified atom stereocenters. The van der Waals surface area contributed by atoms with Crippen LogP contribution in [0.15, 0.2) is 36.4 Å². The van der Waals surface area contributed by atoms with Crippen LogP contribution in [-0.2, 0) is 0 Å². The molecule has 0 bridgehead atoms. The van der Waals surface area contributed by atoms with Gasteiger partial charge in [-0.1, -0.05) is 52.0 Å². The number of hydrogen-bond acceptors (Lipinski definition) is 2. The molecule has 1 aliphatic rings.